The van der Waals surface area contributed by atoms with Gasteiger partial charge in [-0.05, 0) is 61.9 Å². The first kappa shape index (κ1) is 23.8. The Morgan fingerprint density at radius 3 is 2.74 bits per heavy atom. The highest BCUT2D eigenvalue weighted by molar-refractivity contribution is 7.10. The second-order valence-electron chi connectivity index (χ2n) is 8.45. The van der Waals surface area contributed by atoms with Crippen LogP contribution in [0.1, 0.15) is 55.2 Å². The van der Waals surface area contributed by atoms with Gasteiger partial charge in [-0.3, -0.25) is 9.69 Å². The number of hydrogen-bond donors (Lipinski definition) is 1. The van der Waals surface area contributed by atoms with E-state index in [9.17, 15) is 9.90 Å². The summed E-state index contributed by atoms with van der Waals surface area (Å²) in [6.45, 7) is 9.11. The van der Waals surface area contributed by atoms with E-state index in [2.05, 4.69) is 37.1 Å². The molecule has 1 amide bonds. The summed E-state index contributed by atoms with van der Waals surface area (Å²) < 4.78 is 6.11. The van der Waals surface area contributed by atoms with Crippen molar-refractivity contribution in [2.75, 3.05) is 32.8 Å². The molecule has 6 heteroatoms. The summed E-state index contributed by atoms with van der Waals surface area (Å²) in [6.07, 6.45) is 3.19. The van der Waals surface area contributed by atoms with Crippen molar-refractivity contribution in [3.8, 4) is 5.75 Å². The molecule has 2 atom stereocenters. The summed E-state index contributed by atoms with van der Waals surface area (Å²) in [7, 11) is 0. The summed E-state index contributed by atoms with van der Waals surface area (Å²) in [5, 5.41) is 12.4. The topological polar surface area (TPSA) is 53.0 Å². The molecule has 5 nitrogen and oxygen atoms in total. The standard InChI is InChI=1S/C25H36N2O3S/c1-4-6-20(28)16-26(13-5-2)17-25(29)27-14-11-24-22(12-15-31-24)23(27)18-30-21-9-7-19(3)8-10-21/h7-10,12,15,20,23,28H,4-6,11,13-14,16-18H2,1-3H3/t20-,23-/m1/s1. The fourth-order valence-electron chi connectivity index (χ4n) is 4.24. The Morgan fingerprint density at radius 2 is 2.03 bits per heavy atom. The van der Waals surface area contributed by atoms with E-state index in [1.807, 2.05) is 29.2 Å². The molecule has 0 saturated carbocycles. The van der Waals surface area contributed by atoms with Gasteiger partial charge in [0.15, 0.2) is 0 Å². The second-order valence-corrected chi connectivity index (χ2v) is 9.45. The number of thiophene rings is 1. The van der Waals surface area contributed by atoms with Gasteiger partial charge < -0.3 is 14.7 Å². The van der Waals surface area contributed by atoms with Crippen LogP contribution >= 0.6 is 11.3 Å². The number of rotatable bonds is 11. The summed E-state index contributed by atoms with van der Waals surface area (Å²) in [6, 6.07) is 10.1. The van der Waals surface area contributed by atoms with Crippen LogP contribution in [0.15, 0.2) is 35.7 Å². The van der Waals surface area contributed by atoms with Gasteiger partial charge in [-0.1, -0.05) is 38.0 Å². The lowest BCUT2D eigenvalue weighted by Crippen LogP contribution is -2.47. The highest BCUT2D eigenvalue weighted by Gasteiger charge is 2.33. The Bertz CT molecular complexity index is 820. The van der Waals surface area contributed by atoms with Crippen LogP contribution in [-0.4, -0.2) is 59.7 Å². The SMILES string of the molecule is CCC[C@@H](O)CN(CCC)CC(=O)N1CCc2sccc2[C@H]1COc1ccc(C)cc1. The minimum Gasteiger partial charge on any atom is -0.491 e. The molecular weight excluding hydrogens is 408 g/mol. The normalized spacial score (nSPS) is 16.9. The van der Waals surface area contributed by atoms with Gasteiger partial charge in [-0.25, -0.2) is 0 Å². The third kappa shape index (κ3) is 6.55. The van der Waals surface area contributed by atoms with Crippen LogP contribution in [0.4, 0.5) is 0 Å². The van der Waals surface area contributed by atoms with Crippen LogP contribution < -0.4 is 4.74 Å². The van der Waals surface area contributed by atoms with Crippen molar-refractivity contribution in [1.82, 2.24) is 9.80 Å². The quantitative estimate of drug-likeness (QED) is 0.557. The molecule has 3 rings (SSSR count). The number of fused-ring (bicyclic) bond motifs is 1. The first-order chi connectivity index (χ1) is 15.0. The third-order valence-electron chi connectivity index (χ3n) is 5.83. The van der Waals surface area contributed by atoms with Gasteiger partial charge in [0.25, 0.3) is 0 Å². The Labute approximate surface area is 190 Å². The smallest absolute Gasteiger partial charge is 0.237 e. The number of nitrogens with zero attached hydrogens (tertiary/aromatic N) is 2. The lowest BCUT2D eigenvalue weighted by molar-refractivity contribution is -0.136. The van der Waals surface area contributed by atoms with Crippen LogP contribution in [0.5, 0.6) is 5.75 Å². The molecule has 170 valence electrons. The second kappa shape index (κ2) is 11.7. The molecule has 1 aromatic heterocycles. The molecule has 0 bridgehead atoms. The van der Waals surface area contributed by atoms with Crippen molar-refractivity contribution in [2.24, 2.45) is 0 Å². The van der Waals surface area contributed by atoms with Crippen molar-refractivity contribution >= 4 is 17.2 Å². The number of ether oxygens (including phenoxy) is 1. The number of aryl methyl sites for hydroxylation is 1. The Kier molecular flexibility index (Phi) is 8.93. The zero-order chi connectivity index (χ0) is 22.2. The maximum Gasteiger partial charge on any atom is 0.237 e. The fraction of sp³-hybridized carbons (Fsp3) is 0.560. The van der Waals surface area contributed by atoms with E-state index in [0.717, 1.165) is 38.0 Å². The first-order valence-corrected chi connectivity index (χ1v) is 12.3. The van der Waals surface area contributed by atoms with E-state index in [4.69, 9.17) is 4.74 Å². The number of hydrogen-bond acceptors (Lipinski definition) is 5. The third-order valence-corrected chi connectivity index (χ3v) is 6.83. The molecule has 1 N–H and O–H groups in total. The van der Waals surface area contributed by atoms with Gasteiger partial charge >= 0.3 is 0 Å². The van der Waals surface area contributed by atoms with E-state index in [0.29, 0.717) is 26.2 Å². The van der Waals surface area contributed by atoms with Gasteiger partial charge in [0, 0.05) is 18.0 Å². The number of aliphatic hydroxyl groups excluding tert-OH is 1. The van der Waals surface area contributed by atoms with Crippen molar-refractivity contribution in [1.29, 1.82) is 0 Å². The lowest BCUT2D eigenvalue weighted by atomic mass is 10.0. The zero-order valence-electron chi connectivity index (χ0n) is 19.0. The Balaban J connectivity index is 1.70. The van der Waals surface area contributed by atoms with Crippen molar-refractivity contribution in [3.05, 3.63) is 51.7 Å². The number of aliphatic hydroxyl groups is 1. The fourth-order valence-corrected chi connectivity index (χ4v) is 5.17. The van der Waals surface area contributed by atoms with Gasteiger partial charge in [0.1, 0.15) is 12.4 Å². The minimum atomic E-state index is -0.380. The van der Waals surface area contributed by atoms with Gasteiger partial charge in [-0.15, -0.1) is 11.3 Å². The summed E-state index contributed by atoms with van der Waals surface area (Å²) in [5.74, 6) is 0.946. The molecule has 1 aliphatic rings. The molecule has 2 heterocycles. The first-order valence-electron chi connectivity index (χ1n) is 11.5. The van der Waals surface area contributed by atoms with E-state index in [1.54, 1.807) is 11.3 Å². The average Bonchev–Trinajstić information content (AvgIpc) is 3.22. The van der Waals surface area contributed by atoms with E-state index in [1.165, 1.54) is 16.0 Å². The van der Waals surface area contributed by atoms with Crippen LogP contribution in [0.2, 0.25) is 0 Å². The van der Waals surface area contributed by atoms with E-state index >= 15 is 0 Å². The monoisotopic (exact) mass is 444 g/mol. The molecule has 1 aromatic carbocycles. The molecule has 2 aromatic rings. The maximum atomic E-state index is 13.4. The van der Waals surface area contributed by atoms with Crippen LogP contribution in [-0.2, 0) is 11.2 Å². The zero-order valence-corrected chi connectivity index (χ0v) is 19.9. The Hall–Kier alpha value is -1.89. The summed E-state index contributed by atoms with van der Waals surface area (Å²) >= 11 is 1.77. The number of carbonyl (C=O) groups is 1. The highest BCUT2D eigenvalue weighted by Crippen LogP contribution is 2.34. The molecule has 0 unspecified atom stereocenters. The van der Waals surface area contributed by atoms with E-state index < -0.39 is 0 Å². The number of benzene rings is 1. The number of carbonyl (C=O) groups excluding carboxylic acids is 1. The lowest BCUT2D eigenvalue weighted by Gasteiger charge is -2.37. The van der Waals surface area contributed by atoms with Crippen LogP contribution in [0, 0.1) is 6.92 Å². The van der Waals surface area contributed by atoms with Gasteiger partial charge in [0.2, 0.25) is 5.91 Å². The molecule has 0 saturated heterocycles. The van der Waals surface area contributed by atoms with Gasteiger partial charge in [0.05, 0.1) is 18.7 Å². The Morgan fingerprint density at radius 1 is 1.26 bits per heavy atom. The summed E-state index contributed by atoms with van der Waals surface area (Å²) in [5.41, 5.74) is 2.41. The predicted molar refractivity (Wildman–Crippen MR) is 127 cm³/mol. The molecule has 1 aliphatic heterocycles. The van der Waals surface area contributed by atoms with Crippen molar-refractivity contribution in [3.63, 3.8) is 0 Å². The molecule has 31 heavy (non-hydrogen) atoms. The van der Waals surface area contributed by atoms with Gasteiger partial charge in [-0.2, -0.15) is 0 Å². The summed E-state index contributed by atoms with van der Waals surface area (Å²) in [4.78, 5) is 18.8. The number of amides is 1. The van der Waals surface area contributed by atoms with Crippen LogP contribution in [0.3, 0.4) is 0 Å². The van der Waals surface area contributed by atoms with Crippen molar-refractivity contribution in [2.45, 2.75) is 58.6 Å². The van der Waals surface area contributed by atoms with Crippen LogP contribution in [0.25, 0.3) is 0 Å². The van der Waals surface area contributed by atoms with Crippen molar-refractivity contribution < 1.29 is 14.6 Å². The molecule has 0 radical (unpaired) electrons. The molecular formula is C25H36N2O3S. The maximum absolute atomic E-state index is 13.4. The minimum absolute atomic E-state index is 0.0761. The highest BCUT2D eigenvalue weighted by atomic mass is 32.1. The molecule has 0 spiro atoms. The molecule has 0 aliphatic carbocycles. The average molecular weight is 445 g/mol. The largest absolute Gasteiger partial charge is 0.491 e. The molecule has 0 fully saturated rings. The van der Waals surface area contributed by atoms with E-state index in [-0.39, 0.29) is 18.1 Å². The predicted octanol–water partition coefficient (Wildman–Crippen LogP) is 4.43.